The van der Waals surface area contributed by atoms with E-state index in [1.54, 1.807) is 6.07 Å². The van der Waals surface area contributed by atoms with Crippen molar-refractivity contribution in [2.45, 2.75) is 26.1 Å². The molecule has 2 N–H and O–H groups in total. The molecule has 0 radical (unpaired) electrons. The van der Waals surface area contributed by atoms with Crippen molar-refractivity contribution in [3.8, 4) is 0 Å². The first-order valence-electron chi connectivity index (χ1n) is 6.34. The van der Waals surface area contributed by atoms with Gasteiger partial charge in [0.1, 0.15) is 6.10 Å². The maximum absolute atomic E-state index is 10.9. The summed E-state index contributed by atoms with van der Waals surface area (Å²) in [5.74, 6) is 0.181. The van der Waals surface area contributed by atoms with Crippen LogP contribution in [0.25, 0.3) is 10.9 Å². The van der Waals surface area contributed by atoms with Crippen molar-refractivity contribution < 1.29 is 15.0 Å². The van der Waals surface area contributed by atoms with Gasteiger partial charge in [-0.25, -0.2) is 0 Å². The summed E-state index contributed by atoms with van der Waals surface area (Å²) in [6.45, 7) is 3.36. The average Bonchev–Trinajstić information content (AvgIpc) is 2.43. The summed E-state index contributed by atoms with van der Waals surface area (Å²) >= 11 is 1.01. The van der Waals surface area contributed by atoms with Crippen molar-refractivity contribution in [2.75, 3.05) is 5.75 Å². The van der Waals surface area contributed by atoms with Crippen LogP contribution in [0.5, 0.6) is 0 Å². The Morgan fingerprint density at radius 2 is 2.05 bits per heavy atom. The smallest absolute Gasteiger partial charge is 0.185 e. The molecule has 0 bridgehead atoms. The van der Waals surface area contributed by atoms with Crippen LogP contribution in [0.3, 0.4) is 0 Å². The number of benzene rings is 1. The third kappa shape index (κ3) is 3.56. The Hall–Kier alpha value is -1.43. The normalized spacial score (nSPS) is 14.2. The molecule has 1 aromatic carbocycles. The molecule has 0 saturated heterocycles. The van der Waals surface area contributed by atoms with Crippen LogP contribution in [0, 0.1) is 6.92 Å². The van der Waals surface area contributed by atoms with Crippen molar-refractivity contribution in [3.05, 3.63) is 41.6 Å². The first-order valence-corrected chi connectivity index (χ1v) is 7.33. The molecule has 0 fully saturated rings. The molecule has 0 spiro atoms. The van der Waals surface area contributed by atoms with E-state index in [2.05, 4.69) is 4.98 Å². The zero-order valence-corrected chi connectivity index (χ0v) is 12.2. The topological polar surface area (TPSA) is 70.4 Å². The van der Waals surface area contributed by atoms with E-state index in [9.17, 15) is 15.0 Å². The number of carbonyl (C=O) groups is 1. The number of aliphatic hydroxyl groups is 2. The summed E-state index contributed by atoms with van der Waals surface area (Å²) in [5.41, 5.74) is 2.41. The van der Waals surface area contributed by atoms with Gasteiger partial charge >= 0.3 is 0 Å². The first kappa shape index (κ1) is 15.0. The molecule has 2 rings (SSSR count). The van der Waals surface area contributed by atoms with E-state index < -0.39 is 12.2 Å². The predicted octanol–water partition coefficient (Wildman–Crippen LogP) is 2.22. The predicted molar refractivity (Wildman–Crippen MR) is 80.6 cm³/mol. The molecule has 0 saturated carbocycles. The Bertz CT molecular complexity index is 630. The molecule has 2 unspecified atom stereocenters. The molecule has 0 amide bonds. The van der Waals surface area contributed by atoms with Gasteiger partial charge in [0.05, 0.1) is 11.6 Å². The van der Waals surface area contributed by atoms with Crippen LogP contribution in [-0.4, -0.2) is 32.2 Å². The van der Waals surface area contributed by atoms with Gasteiger partial charge < -0.3 is 10.2 Å². The third-order valence-electron chi connectivity index (χ3n) is 3.02. The second-order valence-electron chi connectivity index (χ2n) is 4.72. The maximum Gasteiger partial charge on any atom is 0.185 e. The maximum atomic E-state index is 10.9. The zero-order valence-electron chi connectivity index (χ0n) is 11.4. The van der Waals surface area contributed by atoms with Crippen LogP contribution in [-0.2, 0) is 4.79 Å². The van der Waals surface area contributed by atoms with Crippen molar-refractivity contribution in [1.29, 1.82) is 0 Å². The van der Waals surface area contributed by atoms with Crippen LogP contribution in [0.2, 0.25) is 0 Å². The second-order valence-corrected chi connectivity index (χ2v) is 5.92. The van der Waals surface area contributed by atoms with Gasteiger partial charge in [-0.3, -0.25) is 9.78 Å². The molecule has 1 heterocycles. The van der Waals surface area contributed by atoms with E-state index in [1.165, 1.54) is 6.92 Å². The number of fused-ring (bicyclic) bond motifs is 1. The van der Waals surface area contributed by atoms with Crippen LogP contribution < -0.4 is 0 Å². The van der Waals surface area contributed by atoms with Gasteiger partial charge in [0.2, 0.25) is 0 Å². The van der Waals surface area contributed by atoms with Crippen LogP contribution in [0.15, 0.2) is 30.3 Å². The second kappa shape index (κ2) is 6.35. The van der Waals surface area contributed by atoms with E-state index in [4.69, 9.17) is 0 Å². The molecule has 0 aliphatic carbocycles. The number of thioether (sulfide) groups is 1. The van der Waals surface area contributed by atoms with Crippen molar-refractivity contribution in [1.82, 2.24) is 4.98 Å². The van der Waals surface area contributed by atoms with E-state index in [0.717, 1.165) is 28.4 Å². The summed E-state index contributed by atoms with van der Waals surface area (Å²) in [5, 5.41) is 20.9. The third-order valence-corrected chi connectivity index (χ3v) is 3.93. The highest BCUT2D eigenvalue weighted by Crippen LogP contribution is 2.23. The SMILES string of the molecule is CC(=O)SCC(O)C(O)c1ccc2nc(C)ccc2c1. The minimum Gasteiger partial charge on any atom is -0.389 e. The highest BCUT2D eigenvalue weighted by atomic mass is 32.2. The van der Waals surface area contributed by atoms with Crippen LogP contribution in [0.4, 0.5) is 0 Å². The number of pyridine rings is 1. The lowest BCUT2D eigenvalue weighted by atomic mass is 10.0. The monoisotopic (exact) mass is 291 g/mol. The molecule has 1 aromatic heterocycles. The average molecular weight is 291 g/mol. The molecule has 5 heteroatoms. The largest absolute Gasteiger partial charge is 0.389 e. The number of hydrogen-bond acceptors (Lipinski definition) is 5. The molecule has 0 aliphatic heterocycles. The number of nitrogens with zero attached hydrogens (tertiary/aromatic N) is 1. The molecule has 4 nitrogen and oxygen atoms in total. The zero-order chi connectivity index (χ0) is 14.7. The van der Waals surface area contributed by atoms with Gasteiger partial charge in [0.15, 0.2) is 5.12 Å². The van der Waals surface area contributed by atoms with Gasteiger partial charge in [-0.05, 0) is 30.7 Å². The highest BCUT2D eigenvalue weighted by molar-refractivity contribution is 8.13. The van der Waals surface area contributed by atoms with Gasteiger partial charge in [-0.1, -0.05) is 23.9 Å². The Balaban J connectivity index is 2.19. The van der Waals surface area contributed by atoms with Gasteiger partial charge in [0, 0.05) is 23.8 Å². The van der Waals surface area contributed by atoms with Gasteiger partial charge in [-0.2, -0.15) is 0 Å². The Morgan fingerprint density at radius 3 is 2.75 bits per heavy atom. The minimum absolute atomic E-state index is 0.0746. The number of rotatable bonds is 4. The van der Waals surface area contributed by atoms with Gasteiger partial charge in [0.25, 0.3) is 0 Å². The molecule has 0 aliphatic rings. The van der Waals surface area contributed by atoms with E-state index in [-0.39, 0.29) is 10.9 Å². The van der Waals surface area contributed by atoms with Crippen molar-refractivity contribution in [2.24, 2.45) is 0 Å². The van der Waals surface area contributed by atoms with Crippen molar-refractivity contribution >= 4 is 27.8 Å². The van der Waals surface area contributed by atoms with E-state index in [0.29, 0.717) is 5.56 Å². The number of aliphatic hydroxyl groups excluding tert-OH is 2. The summed E-state index contributed by atoms with van der Waals surface area (Å²) in [6, 6.07) is 9.23. The fraction of sp³-hybridized carbons (Fsp3) is 0.333. The standard InChI is InChI=1S/C15H17NO3S/c1-9-3-4-11-7-12(5-6-13(11)16-9)15(19)14(18)8-20-10(2)17/h3-7,14-15,18-19H,8H2,1-2H3. The number of carbonyl (C=O) groups excluding carboxylic acids is 1. The first-order chi connectivity index (χ1) is 9.47. The molecular weight excluding hydrogens is 274 g/mol. The quantitative estimate of drug-likeness (QED) is 0.904. The van der Waals surface area contributed by atoms with E-state index >= 15 is 0 Å². The number of aryl methyl sites for hydroxylation is 1. The van der Waals surface area contributed by atoms with E-state index in [1.807, 2.05) is 31.2 Å². The molecule has 20 heavy (non-hydrogen) atoms. The van der Waals surface area contributed by atoms with Gasteiger partial charge in [-0.15, -0.1) is 0 Å². The Labute approximate surface area is 121 Å². The molecule has 2 aromatic rings. The number of hydrogen-bond donors (Lipinski definition) is 2. The number of aromatic nitrogens is 1. The fourth-order valence-corrected chi connectivity index (χ4v) is 2.53. The minimum atomic E-state index is -1.01. The molecule has 106 valence electrons. The molecular formula is C15H17NO3S. The summed E-state index contributed by atoms with van der Waals surface area (Å²) in [4.78, 5) is 15.3. The summed E-state index contributed by atoms with van der Waals surface area (Å²) in [7, 11) is 0. The highest BCUT2D eigenvalue weighted by Gasteiger charge is 2.19. The van der Waals surface area contributed by atoms with Crippen LogP contribution in [0.1, 0.15) is 24.3 Å². The van der Waals surface area contributed by atoms with Crippen LogP contribution >= 0.6 is 11.8 Å². The Morgan fingerprint density at radius 1 is 1.30 bits per heavy atom. The lowest BCUT2D eigenvalue weighted by Crippen LogP contribution is -2.21. The van der Waals surface area contributed by atoms with Crippen molar-refractivity contribution in [3.63, 3.8) is 0 Å². The lowest BCUT2D eigenvalue weighted by molar-refractivity contribution is -0.109. The summed E-state index contributed by atoms with van der Waals surface area (Å²) in [6.07, 6.45) is -1.98. The Kier molecular flexibility index (Phi) is 4.75. The lowest BCUT2D eigenvalue weighted by Gasteiger charge is -2.17. The summed E-state index contributed by atoms with van der Waals surface area (Å²) < 4.78 is 0. The molecule has 2 atom stereocenters. The fourth-order valence-electron chi connectivity index (χ4n) is 1.95.